The highest BCUT2D eigenvalue weighted by molar-refractivity contribution is 5.79. The van der Waals surface area contributed by atoms with Crippen LogP contribution in [0.3, 0.4) is 0 Å². The standard InChI is InChI=1S/C42H65NO15/c1-43(42(45)58-35-40-38-9-5-3-7-36(38)37-8-4-6-10-39(37)40)12-14-48-16-18-50-20-22-52-24-26-54-28-30-56-32-34-57-33-31-55-29-27-53-25-23-51-21-19-49-17-15-47-13-11-41(44)46-2/h3-10,40H,11-35H2,1-2H3. The molecule has 16 nitrogen and oxygen atoms in total. The van der Waals surface area contributed by atoms with E-state index in [1.165, 1.54) is 34.3 Å². The lowest BCUT2D eigenvalue weighted by molar-refractivity contribution is -0.141. The van der Waals surface area contributed by atoms with E-state index in [1.807, 2.05) is 24.3 Å². The zero-order valence-corrected chi connectivity index (χ0v) is 34.4. The van der Waals surface area contributed by atoms with Crippen LogP contribution in [0.1, 0.15) is 23.5 Å². The lowest BCUT2D eigenvalue weighted by Crippen LogP contribution is -2.32. The van der Waals surface area contributed by atoms with E-state index >= 15 is 0 Å². The molecule has 0 unspecified atom stereocenters. The van der Waals surface area contributed by atoms with E-state index in [2.05, 4.69) is 29.0 Å². The van der Waals surface area contributed by atoms with Gasteiger partial charge in [0.1, 0.15) is 6.61 Å². The van der Waals surface area contributed by atoms with Crippen molar-refractivity contribution in [1.29, 1.82) is 0 Å². The molecular formula is C42H65NO15. The van der Waals surface area contributed by atoms with Crippen LogP contribution in [0.5, 0.6) is 0 Å². The van der Waals surface area contributed by atoms with Gasteiger partial charge >= 0.3 is 12.1 Å². The SMILES string of the molecule is COC(=O)CCOCCOCCOCCOCCOCCOCCOCCOCCOCCOCCOCCN(C)C(=O)OCC1c2ccccc2-c2ccccc21. The average molecular weight is 824 g/mol. The Morgan fingerprint density at radius 1 is 0.466 bits per heavy atom. The Balaban J connectivity index is 0.953. The van der Waals surface area contributed by atoms with E-state index in [0.717, 1.165) is 0 Å². The molecule has 328 valence electrons. The Hall–Kier alpha value is -3.26. The number of rotatable bonds is 38. The first-order valence-electron chi connectivity index (χ1n) is 20.1. The number of hydrogen-bond donors (Lipinski definition) is 0. The van der Waals surface area contributed by atoms with Crippen LogP contribution in [0.15, 0.2) is 48.5 Å². The third-order valence-electron chi connectivity index (χ3n) is 8.62. The highest BCUT2D eigenvalue weighted by atomic mass is 16.6. The zero-order valence-electron chi connectivity index (χ0n) is 34.4. The number of benzene rings is 2. The second-order valence-corrected chi connectivity index (χ2v) is 12.8. The summed E-state index contributed by atoms with van der Waals surface area (Å²) in [6, 6.07) is 16.6. The molecule has 0 aromatic heterocycles. The summed E-state index contributed by atoms with van der Waals surface area (Å²) < 4.78 is 70.4. The van der Waals surface area contributed by atoms with Gasteiger partial charge in [-0.2, -0.15) is 0 Å². The highest BCUT2D eigenvalue weighted by Gasteiger charge is 2.29. The van der Waals surface area contributed by atoms with Gasteiger partial charge in [0.2, 0.25) is 0 Å². The van der Waals surface area contributed by atoms with Crippen LogP contribution < -0.4 is 0 Å². The summed E-state index contributed by atoms with van der Waals surface area (Å²) in [6.45, 7) is 10.8. The first-order chi connectivity index (χ1) is 28.6. The molecule has 2 aromatic rings. The Morgan fingerprint density at radius 3 is 1.12 bits per heavy atom. The van der Waals surface area contributed by atoms with Gasteiger partial charge in [0.25, 0.3) is 0 Å². The van der Waals surface area contributed by atoms with Crippen LogP contribution in [-0.4, -0.2) is 190 Å². The molecule has 1 aliphatic carbocycles. The fourth-order valence-corrected chi connectivity index (χ4v) is 5.56. The van der Waals surface area contributed by atoms with Crippen LogP contribution in [0.25, 0.3) is 11.1 Å². The molecule has 0 fully saturated rings. The minimum absolute atomic E-state index is 0.0343. The monoisotopic (exact) mass is 823 g/mol. The molecule has 1 aliphatic rings. The molecule has 16 heteroatoms. The minimum Gasteiger partial charge on any atom is -0.469 e. The van der Waals surface area contributed by atoms with Gasteiger partial charge in [-0.25, -0.2) is 4.79 Å². The zero-order chi connectivity index (χ0) is 41.1. The third-order valence-corrected chi connectivity index (χ3v) is 8.62. The summed E-state index contributed by atoms with van der Waals surface area (Å²) in [7, 11) is 3.06. The van der Waals surface area contributed by atoms with Gasteiger partial charge in [-0.05, 0) is 22.3 Å². The number of carbonyl (C=O) groups is 2. The van der Waals surface area contributed by atoms with E-state index in [1.54, 1.807) is 7.05 Å². The second-order valence-electron chi connectivity index (χ2n) is 12.8. The number of amides is 1. The van der Waals surface area contributed by atoms with Gasteiger partial charge in [0, 0.05) is 19.5 Å². The van der Waals surface area contributed by atoms with E-state index in [-0.39, 0.29) is 24.4 Å². The maximum atomic E-state index is 12.6. The molecule has 2 aromatic carbocycles. The molecule has 0 N–H and O–H groups in total. The first-order valence-corrected chi connectivity index (χ1v) is 20.1. The Morgan fingerprint density at radius 2 is 0.776 bits per heavy atom. The molecule has 0 radical (unpaired) electrons. The summed E-state index contributed by atoms with van der Waals surface area (Å²) >= 11 is 0. The Bertz CT molecular complexity index is 1290. The summed E-state index contributed by atoms with van der Waals surface area (Å²) in [5.74, 6) is -0.256. The number of nitrogens with zero attached hydrogens (tertiary/aromatic N) is 1. The van der Waals surface area contributed by atoms with Crippen molar-refractivity contribution in [3.63, 3.8) is 0 Å². The van der Waals surface area contributed by atoms with Gasteiger partial charge in [-0.15, -0.1) is 0 Å². The number of carbonyl (C=O) groups excluding carboxylic acids is 2. The molecule has 0 spiro atoms. The smallest absolute Gasteiger partial charge is 0.409 e. The lowest BCUT2D eigenvalue weighted by atomic mass is 9.98. The van der Waals surface area contributed by atoms with Crippen molar-refractivity contribution < 1.29 is 71.2 Å². The number of likely N-dealkylation sites (N-methyl/N-ethyl adjacent to an activating group) is 1. The summed E-state index contributed by atoms with van der Waals surface area (Å²) in [4.78, 5) is 25.1. The maximum Gasteiger partial charge on any atom is 0.409 e. The number of esters is 1. The maximum absolute atomic E-state index is 12.6. The first kappa shape index (κ1) is 49.1. The van der Waals surface area contributed by atoms with Crippen molar-refractivity contribution in [2.24, 2.45) is 0 Å². The number of ether oxygens (including phenoxy) is 13. The van der Waals surface area contributed by atoms with E-state index in [9.17, 15) is 9.59 Å². The van der Waals surface area contributed by atoms with Gasteiger partial charge in [-0.1, -0.05) is 48.5 Å². The molecular weight excluding hydrogens is 758 g/mol. The van der Waals surface area contributed by atoms with E-state index in [4.69, 9.17) is 56.8 Å². The molecule has 0 saturated carbocycles. The minimum atomic E-state index is -0.368. The van der Waals surface area contributed by atoms with Crippen LogP contribution in [-0.2, 0) is 66.4 Å². The fraction of sp³-hybridized carbons (Fsp3) is 0.667. The predicted octanol–water partition coefficient (Wildman–Crippen LogP) is 3.61. The van der Waals surface area contributed by atoms with Gasteiger partial charge < -0.3 is 66.5 Å². The second kappa shape index (κ2) is 33.6. The highest BCUT2D eigenvalue weighted by Crippen LogP contribution is 2.44. The van der Waals surface area contributed by atoms with Crippen LogP contribution >= 0.6 is 0 Å². The lowest BCUT2D eigenvalue weighted by Gasteiger charge is -2.19. The van der Waals surface area contributed by atoms with E-state index in [0.29, 0.717) is 159 Å². The fourth-order valence-electron chi connectivity index (χ4n) is 5.56. The van der Waals surface area contributed by atoms with Crippen molar-refractivity contribution in [3.05, 3.63) is 59.7 Å². The molecule has 0 aliphatic heterocycles. The summed E-state index contributed by atoms with van der Waals surface area (Å²) in [6.07, 6.45) is -0.129. The quantitative estimate of drug-likeness (QED) is 0.0714. The van der Waals surface area contributed by atoms with Crippen LogP contribution in [0.2, 0.25) is 0 Å². The third kappa shape index (κ3) is 22.2. The Kier molecular flexibility index (Phi) is 28.4. The van der Waals surface area contributed by atoms with Crippen molar-refractivity contribution >= 4 is 12.1 Å². The van der Waals surface area contributed by atoms with Gasteiger partial charge in [-0.3, -0.25) is 4.79 Å². The summed E-state index contributed by atoms with van der Waals surface area (Å²) in [5, 5.41) is 0. The van der Waals surface area contributed by atoms with Gasteiger partial charge in [0.15, 0.2) is 0 Å². The predicted molar refractivity (Wildman–Crippen MR) is 213 cm³/mol. The van der Waals surface area contributed by atoms with Crippen LogP contribution in [0.4, 0.5) is 4.79 Å². The largest absolute Gasteiger partial charge is 0.469 e. The van der Waals surface area contributed by atoms with Crippen molar-refractivity contribution in [3.8, 4) is 11.1 Å². The van der Waals surface area contributed by atoms with Crippen molar-refractivity contribution in [1.82, 2.24) is 4.90 Å². The number of hydrogen-bond acceptors (Lipinski definition) is 15. The van der Waals surface area contributed by atoms with Crippen molar-refractivity contribution in [2.75, 3.05) is 173 Å². The van der Waals surface area contributed by atoms with Gasteiger partial charge in [0.05, 0.1) is 159 Å². The number of fused-ring (bicyclic) bond motifs is 3. The average Bonchev–Trinajstić information content (AvgIpc) is 3.57. The Labute approximate surface area is 343 Å². The van der Waals surface area contributed by atoms with E-state index < -0.39 is 0 Å². The van der Waals surface area contributed by atoms with Crippen molar-refractivity contribution in [2.45, 2.75) is 12.3 Å². The van der Waals surface area contributed by atoms with Crippen LogP contribution in [0, 0.1) is 0 Å². The normalized spacial score (nSPS) is 12.1. The molecule has 0 bridgehead atoms. The molecule has 0 saturated heterocycles. The molecule has 0 heterocycles. The number of methoxy groups -OCH3 is 1. The molecule has 0 atom stereocenters. The topological polar surface area (TPSA) is 157 Å². The molecule has 58 heavy (non-hydrogen) atoms. The molecule has 1 amide bonds. The summed E-state index contributed by atoms with van der Waals surface area (Å²) in [5.41, 5.74) is 4.78. The molecule has 3 rings (SSSR count).